The number of amides is 1. The molecule has 0 radical (unpaired) electrons. The molecule has 0 saturated heterocycles. The van der Waals surface area contributed by atoms with E-state index in [4.69, 9.17) is 0 Å². The van der Waals surface area contributed by atoms with Crippen molar-refractivity contribution in [3.05, 3.63) is 52.2 Å². The molecule has 3 nitrogen and oxygen atoms in total. The van der Waals surface area contributed by atoms with Gasteiger partial charge in [0.1, 0.15) is 0 Å². The molecule has 0 aliphatic heterocycles. The van der Waals surface area contributed by atoms with Crippen LogP contribution in [-0.2, 0) is 17.8 Å². The number of hydrogen-bond acceptors (Lipinski definition) is 3. The summed E-state index contributed by atoms with van der Waals surface area (Å²) in [7, 11) is 0. The van der Waals surface area contributed by atoms with Crippen LogP contribution in [0.2, 0.25) is 0 Å². The zero-order valence-corrected chi connectivity index (χ0v) is 14.6. The summed E-state index contributed by atoms with van der Waals surface area (Å²) in [5.74, 6) is 0.116. The quantitative estimate of drug-likeness (QED) is 0.625. The highest BCUT2D eigenvalue weighted by Crippen LogP contribution is 2.16. The predicted octanol–water partition coefficient (Wildman–Crippen LogP) is 4.60. The number of rotatable bonds is 10. The van der Waals surface area contributed by atoms with E-state index in [1.165, 1.54) is 4.88 Å². The summed E-state index contributed by atoms with van der Waals surface area (Å²) in [5.41, 5.74) is 2.07. The SMILES string of the molecule is CCNCc1ccccc1NC(=O)CCCCCc1cccs1. The standard InChI is InChI=1S/C19H26N2OS/c1-2-20-15-16-9-6-7-12-18(16)21-19(22)13-5-3-4-10-17-11-8-14-23-17/h6-9,11-12,14,20H,2-5,10,13,15H2,1H3,(H,21,22). The number of hydrogen-bond donors (Lipinski definition) is 2. The van der Waals surface area contributed by atoms with Crippen LogP contribution in [0.4, 0.5) is 5.69 Å². The fourth-order valence-corrected chi connectivity index (χ4v) is 3.24. The predicted molar refractivity (Wildman–Crippen MR) is 98.9 cm³/mol. The number of unbranched alkanes of at least 4 members (excludes halogenated alkanes) is 2. The van der Waals surface area contributed by atoms with Gasteiger partial charge in [-0.3, -0.25) is 4.79 Å². The lowest BCUT2D eigenvalue weighted by Crippen LogP contribution is -2.16. The molecule has 0 spiro atoms. The van der Waals surface area contributed by atoms with Crippen molar-refractivity contribution in [1.29, 1.82) is 0 Å². The van der Waals surface area contributed by atoms with E-state index in [1.54, 1.807) is 0 Å². The molecule has 1 amide bonds. The Morgan fingerprint density at radius 3 is 2.74 bits per heavy atom. The van der Waals surface area contributed by atoms with Gasteiger partial charge >= 0.3 is 0 Å². The topological polar surface area (TPSA) is 41.1 Å². The maximum Gasteiger partial charge on any atom is 0.224 e. The van der Waals surface area contributed by atoms with Crippen LogP contribution in [0.3, 0.4) is 0 Å². The van der Waals surface area contributed by atoms with Crippen molar-refractivity contribution in [1.82, 2.24) is 5.32 Å². The van der Waals surface area contributed by atoms with Crippen molar-refractivity contribution in [3.8, 4) is 0 Å². The van der Waals surface area contributed by atoms with E-state index in [9.17, 15) is 4.79 Å². The molecule has 0 atom stereocenters. The van der Waals surface area contributed by atoms with Crippen molar-refractivity contribution >= 4 is 22.9 Å². The van der Waals surface area contributed by atoms with E-state index >= 15 is 0 Å². The minimum atomic E-state index is 0.116. The number of carbonyl (C=O) groups is 1. The van der Waals surface area contributed by atoms with Crippen LogP contribution < -0.4 is 10.6 Å². The molecule has 1 aromatic carbocycles. The van der Waals surface area contributed by atoms with Gasteiger partial charge in [-0.2, -0.15) is 0 Å². The first-order chi connectivity index (χ1) is 11.3. The second-order valence-electron chi connectivity index (χ2n) is 5.63. The lowest BCUT2D eigenvalue weighted by molar-refractivity contribution is -0.116. The van der Waals surface area contributed by atoms with Crippen molar-refractivity contribution in [2.45, 2.75) is 45.6 Å². The Bertz CT molecular complexity index is 581. The highest BCUT2D eigenvalue weighted by atomic mass is 32.1. The number of carbonyl (C=O) groups excluding carboxylic acids is 1. The third kappa shape index (κ3) is 6.55. The third-order valence-corrected chi connectivity index (χ3v) is 4.70. The molecule has 0 aliphatic rings. The van der Waals surface area contributed by atoms with Gasteiger partial charge in [-0.15, -0.1) is 11.3 Å². The Balaban J connectivity index is 1.68. The van der Waals surface area contributed by atoms with Crippen LogP contribution >= 0.6 is 11.3 Å². The average Bonchev–Trinajstić information content (AvgIpc) is 3.07. The number of para-hydroxylation sites is 1. The summed E-state index contributed by atoms with van der Waals surface area (Å²) >= 11 is 1.81. The van der Waals surface area contributed by atoms with Gasteiger partial charge in [0.2, 0.25) is 5.91 Å². The number of thiophene rings is 1. The monoisotopic (exact) mass is 330 g/mol. The summed E-state index contributed by atoms with van der Waals surface area (Å²) in [6, 6.07) is 12.3. The largest absolute Gasteiger partial charge is 0.326 e. The van der Waals surface area contributed by atoms with Crippen molar-refractivity contribution < 1.29 is 4.79 Å². The fraction of sp³-hybridized carbons (Fsp3) is 0.421. The highest BCUT2D eigenvalue weighted by molar-refractivity contribution is 7.09. The van der Waals surface area contributed by atoms with Crippen LogP contribution in [0.25, 0.3) is 0 Å². The van der Waals surface area contributed by atoms with Gasteiger partial charge in [0, 0.05) is 23.5 Å². The lowest BCUT2D eigenvalue weighted by atomic mass is 10.1. The molecule has 0 fully saturated rings. The van der Waals surface area contributed by atoms with E-state index < -0.39 is 0 Å². The molecule has 23 heavy (non-hydrogen) atoms. The zero-order chi connectivity index (χ0) is 16.3. The van der Waals surface area contributed by atoms with Gasteiger partial charge in [0.05, 0.1) is 0 Å². The van der Waals surface area contributed by atoms with E-state index in [1.807, 2.05) is 29.5 Å². The van der Waals surface area contributed by atoms with Gasteiger partial charge < -0.3 is 10.6 Å². The van der Waals surface area contributed by atoms with E-state index in [2.05, 4.69) is 41.1 Å². The molecule has 2 rings (SSSR count). The van der Waals surface area contributed by atoms with Crippen LogP contribution in [0, 0.1) is 0 Å². The van der Waals surface area contributed by atoms with Crippen molar-refractivity contribution in [2.75, 3.05) is 11.9 Å². The second kappa shape index (κ2) is 10.2. The molecule has 0 aliphatic carbocycles. The minimum Gasteiger partial charge on any atom is -0.326 e. The van der Waals surface area contributed by atoms with E-state index in [0.717, 1.165) is 50.0 Å². The molecule has 124 valence electrons. The molecular formula is C19H26N2OS. The Kier molecular flexibility index (Phi) is 7.84. The second-order valence-corrected chi connectivity index (χ2v) is 6.66. The summed E-state index contributed by atoms with van der Waals surface area (Å²) in [4.78, 5) is 13.5. The minimum absolute atomic E-state index is 0.116. The number of aryl methyl sites for hydroxylation is 1. The molecule has 0 saturated carbocycles. The third-order valence-electron chi connectivity index (χ3n) is 3.76. The van der Waals surface area contributed by atoms with E-state index in [0.29, 0.717) is 6.42 Å². The molecule has 4 heteroatoms. The molecule has 1 heterocycles. The first-order valence-electron chi connectivity index (χ1n) is 8.40. The van der Waals surface area contributed by atoms with Crippen molar-refractivity contribution in [3.63, 3.8) is 0 Å². The van der Waals surface area contributed by atoms with Gasteiger partial charge in [-0.1, -0.05) is 37.6 Å². The smallest absolute Gasteiger partial charge is 0.224 e. The molecule has 2 aromatic rings. The molecule has 2 N–H and O–H groups in total. The summed E-state index contributed by atoms with van der Waals surface area (Å²) in [6.45, 7) is 3.79. The highest BCUT2D eigenvalue weighted by Gasteiger charge is 2.06. The Morgan fingerprint density at radius 1 is 1.09 bits per heavy atom. The fourth-order valence-electron chi connectivity index (χ4n) is 2.49. The summed E-state index contributed by atoms with van der Waals surface area (Å²) in [5, 5.41) is 8.47. The summed E-state index contributed by atoms with van der Waals surface area (Å²) in [6.07, 6.45) is 4.94. The van der Waals surface area contributed by atoms with Gasteiger partial charge in [0.15, 0.2) is 0 Å². The molecule has 0 bridgehead atoms. The Labute approximate surface area is 143 Å². The maximum absolute atomic E-state index is 12.1. The lowest BCUT2D eigenvalue weighted by Gasteiger charge is -2.11. The van der Waals surface area contributed by atoms with Crippen LogP contribution in [0.5, 0.6) is 0 Å². The Hall–Kier alpha value is -1.65. The summed E-state index contributed by atoms with van der Waals surface area (Å²) < 4.78 is 0. The number of anilines is 1. The Morgan fingerprint density at radius 2 is 1.96 bits per heavy atom. The number of nitrogens with one attached hydrogen (secondary N) is 2. The first kappa shape index (κ1) is 17.7. The van der Waals surface area contributed by atoms with Crippen molar-refractivity contribution in [2.24, 2.45) is 0 Å². The zero-order valence-electron chi connectivity index (χ0n) is 13.8. The van der Waals surface area contributed by atoms with Gasteiger partial charge in [-0.25, -0.2) is 0 Å². The number of benzene rings is 1. The average molecular weight is 330 g/mol. The molecular weight excluding hydrogens is 304 g/mol. The van der Waals surface area contributed by atoms with Gasteiger partial charge in [-0.05, 0) is 48.9 Å². The normalized spacial score (nSPS) is 10.7. The van der Waals surface area contributed by atoms with Crippen LogP contribution in [0.1, 0.15) is 43.0 Å². The molecule has 1 aromatic heterocycles. The maximum atomic E-state index is 12.1. The first-order valence-corrected chi connectivity index (χ1v) is 9.28. The van der Waals surface area contributed by atoms with E-state index in [-0.39, 0.29) is 5.91 Å². The van der Waals surface area contributed by atoms with Crippen LogP contribution in [0.15, 0.2) is 41.8 Å². The molecule has 0 unspecified atom stereocenters. The van der Waals surface area contributed by atoms with Crippen LogP contribution in [-0.4, -0.2) is 12.5 Å². The van der Waals surface area contributed by atoms with Gasteiger partial charge in [0.25, 0.3) is 0 Å².